The topological polar surface area (TPSA) is 23.5 Å². The molecule has 1 unspecified atom stereocenters. The lowest BCUT2D eigenvalue weighted by Gasteiger charge is -2.34. The van der Waals surface area contributed by atoms with Crippen molar-refractivity contribution in [1.82, 2.24) is 0 Å². The van der Waals surface area contributed by atoms with E-state index in [4.69, 9.17) is 0 Å². The average Bonchev–Trinajstić information content (AvgIpc) is 2.34. The zero-order valence-electron chi connectivity index (χ0n) is 12.7. The molecule has 1 atom stereocenters. The quantitative estimate of drug-likeness (QED) is 0.899. The highest BCUT2D eigenvalue weighted by atomic mass is 16.3. The van der Waals surface area contributed by atoms with Crippen LogP contribution in [0, 0.1) is 12.3 Å². The molecule has 2 heteroatoms. The van der Waals surface area contributed by atoms with Crippen molar-refractivity contribution in [3.63, 3.8) is 0 Å². The van der Waals surface area contributed by atoms with E-state index in [1.165, 1.54) is 29.7 Å². The Labute approximate surface area is 117 Å². The van der Waals surface area contributed by atoms with Gasteiger partial charge < -0.3 is 10.0 Å². The van der Waals surface area contributed by atoms with Crippen LogP contribution in [0.2, 0.25) is 0 Å². The monoisotopic (exact) mass is 261 g/mol. The molecule has 1 aromatic rings. The van der Waals surface area contributed by atoms with Crippen LogP contribution in [0.15, 0.2) is 18.2 Å². The Morgan fingerprint density at radius 1 is 1.32 bits per heavy atom. The number of nitrogens with zero attached hydrogens (tertiary/aromatic N) is 1. The van der Waals surface area contributed by atoms with E-state index in [2.05, 4.69) is 50.8 Å². The van der Waals surface area contributed by atoms with Gasteiger partial charge >= 0.3 is 0 Å². The molecule has 106 valence electrons. The van der Waals surface area contributed by atoms with Crippen molar-refractivity contribution in [2.75, 3.05) is 18.0 Å². The first-order valence-electron chi connectivity index (χ1n) is 7.40. The largest absolute Gasteiger partial charge is 0.393 e. The van der Waals surface area contributed by atoms with Crippen LogP contribution in [0.1, 0.15) is 44.7 Å². The van der Waals surface area contributed by atoms with E-state index >= 15 is 0 Å². The molecule has 1 N–H and O–H groups in total. The third-order valence-electron chi connectivity index (χ3n) is 4.12. The maximum absolute atomic E-state index is 10.2. The molecule has 0 aliphatic carbocycles. The summed E-state index contributed by atoms with van der Waals surface area (Å²) in [6.45, 7) is 10.5. The molecule has 1 aromatic carbocycles. The second-order valence-electron chi connectivity index (χ2n) is 6.89. The number of benzene rings is 1. The van der Waals surface area contributed by atoms with Crippen LogP contribution in [0.3, 0.4) is 0 Å². The molecule has 0 radical (unpaired) electrons. The molecule has 2 nitrogen and oxygen atoms in total. The van der Waals surface area contributed by atoms with Crippen LogP contribution in [0.5, 0.6) is 0 Å². The first-order valence-corrected chi connectivity index (χ1v) is 7.40. The Morgan fingerprint density at radius 2 is 2.05 bits per heavy atom. The van der Waals surface area contributed by atoms with Crippen LogP contribution >= 0.6 is 0 Å². The SMILES string of the molecule is Cc1ccc2c(c1)CCCN2CCC(O)C(C)(C)C. The predicted octanol–water partition coefficient (Wildman–Crippen LogP) is 3.54. The van der Waals surface area contributed by atoms with E-state index in [9.17, 15) is 5.11 Å². The molecule has 0 saturated heterocycles. The standard InChI is InChI=1S/C17H27NO/c1-13-7-8-15-14(12-13)6-5-10-18(15)11-9-16(19)17(2,3)4/h7-8,12,16,19H,5-6,9-11H2,1-4H3. The second-order valence-corrected chi connectivity index (χ2v) is 6.89. The van der Waals surface area contributed by atoms with Gasteiger partial charge in [0, 0.05) is 18.8 Å². The maximum Gasteiger partial charge on any atom is 0.0605 e. The Hall–Kier alpha value is -1.02. The first-order chi connectivity index (χ1) is 8.88. The van der Waals surface area contributed by atoms with E-state index in [0.717, 1.165) is 19.5 Å². The molecule has 0 fully saturated rings. The van der Waals surface area contributed by atoms with Crippen LogP contribution in [0.25, 0.3) is 0 Å². The van der Waals surface area contributed by atoms with Gasteiger partial charge in [0.2, 0.25) is 0 Å². The van der Waals surface area contributed by atoms with E-state index in [-0.39, 0.29) is 11.5 Å². The Morgan fingerprint density at radius 3 is 2.74 bits per heavy atom. The highest BCUT2D eigenvalue weighted by molar-refractivity contribution is 5.56. The van der Waals surface area contributed by atoms with E-state index in [1.54, 1.807) is 0 Å². The zero-order chi connectivity index (χ0) is 14.0. The molecule has 1 heterocycles. The number of aryl methyl sites for hydroxylation is 2. The average molecular weight is 261 g/mol. The molecular weight excluding hydrogens is 234 g/mol. The summed E-state index contributed by atoms with van der Waals surface area (Å²) in [7, 11) is 0. The van der Waals surface area contributed by atoms with Gasteiger partial charge in [-0.05, 0) is 43.2 Å². The lowest BCUT2D eigenvalue weighted by molar-refractivity contribution is 0.0573. The van der Waals surface area contributed by atoms with Crippen molar-refractivity contribution in [1.29, 1.82) is 0 Å². The molecule has 0 amide bonds. The van der Waals surface area contributed by atoms with Crippen LogP contribution < -0.4 is 4.90 Å². The third-order valence-corrected chi connectivity index (χ3v) is 4.12. The van der Waals surface area contributed by atoms with Gasteiger partial charge in [0.15, 0.2) is 0 Å². The summed E-state index contributed by atoms with van der Waals surface area (Å²) < 4.78 is 0. The van der Waals surface area contributed by atoms with E-state index < -0.39 is 0 Å². The summed E-state index contributed by atoms with van der Waals surface area (Å²) in [4.78, 5) is 2.44. The van der Waals surface area contributed by atoms with Gasteiger partial charge in [-0.3, -0.25) is 0 Å². The Balaban J connectivity index is 2.04. The van der Waals surface area contributed by atoms with Crippen LogP contribution in [-0.2, 0) is 6.42 Å². The number of anilines is 1. The van der Waals surface area contributed by atoms with E-state index in [0.29, 0.717) is 0 Å². The minimum atomic E-state index is -0.233. The number of fused-ring (bicyclic) bond motifs is 1. The lowest BCUT2D eigenvalue weighted by atomic mass is 9.87. The summed E-state index contributed by atoms with van der Waals surface area (Å²) in [5.74, 6) is 0. The zero-order valence-corrected chi connectivity index (χ0v) is 12.7. The number of rotatable bonds is 3. The van der Waals surface area contributed by atoms with Crippen molar-refractivity contribution in [3.05, 3.63) is 29.3 Å². The molecule has 0 spiro atoms. The summed E-state index contributed by atoms with van der Waals surface area (Å²) in [6, 6.07) is 6.74. The molecule has 0 bridgehead atoms. The molecule has 1 aliphatic rings. The molecule has 0 aromatic heterocycles. The van der Waals surface area contributed by atoms with Gasteiger partial charge in [0.1, 0.15) is 0 Å². The number of hydrogen-bond acceptors (Lipinski definition) is 2. The van der Waals surface area contributed by atoms with Crippen molar-refractivity contribution in [2.45, 2.75) is 53.1 Å². The highest BCUT2D eigenvalue weighted by Crippen LogP contribution is 2.29. The first kappa shape index (κ1) is 14.4. The molecule has 19 heavy (non-hydrogen) atoms. The second kappa shape index (κ2) is 5.54. The molecular formula is C17H27NO. The summed E-state index contributed by atoms with van der Waals surface area (Å²) in [6.07, 6.45) is 3.03. The van der Waals surface area contributed by atoms with Gasteiger partial charge in [-0.15, -0.1) is 0 Å². The number of hydrogen-bond donors (Lipinski definition) is 1. The van der Waals surface area contributed by atoms with Gasteiger partial charge in [-0.25, -0.2) is 0 Å². The fraction of sp³-hybridized carbons (Fsp3) is 0.647. The normalized spacial score (nSPS) is 17.2. The third kappa shape index (κ3) is 3.50. The smallest absolute Gasteiger partial charge is 0.0605 e. The lowest BCUT2D eigenvalue weighted by Crippen LogP contribution is -2.35. The van der Waals surface area contributed by atoms with Gasteiger partial charge in [0.05, 0.1) is 6.10 Å². The highest BCUT2D eigenvalue weighted by Gasteiger charge is 2.24. The minimum absolute atomic E-state index is 0.0219. The van der Waals surface area contributed by atoms with Crippen LogP contribution in [0.4, 0.5) is 5.69 Å². The fourth-order valence-electron chi connectivity index (χ4n) is 2.75. The summed E-state index contributed by atoms with van der Waals surface area (Å²) in [5.41, 5.74) is 4.16. The van der Waals surface area contributed by atoms with Crippen molar-refractivity contribution in [3.8, 4) is 0 Å². The Bertz CT molecular complexity index is 433. The molecule has 1 aliphatic heterocycles. The van der Waals surface area contributed by atoms with Crippen molar-refractivity contribution in [2.24, 2.45) is 5.41 Å². The predicted molar refractivity (Wildman–Crippen MR) is 81.8 cm³/mol. The van der Waals surface area contributed by atoms with Crippen LogP contribution in [-0.4, -0.2) is 24.3 Å². The maximum atomic E-state index is 10.2. The van der Waals surface area contributed by atoms with Crippen molar-refractivity contribution >= 4 is 5.69 Å². The van der Waals surface area contributed by atoms with E-state index in [1.807, 2.05) is 0 Å². The Kier molecular flexibility index (Phi) is 4.19. The van der Waals surface area contributed by atoms with Gasteiger partial charge in [-0.2, -0.15) is 0 Å². The minimum Gasteiger partial charge on any atom is -0.393 e. The number of aliphatic hydroxyl groups is 1. The molecule has 0 saturated carbocycles. The van der Waals surface area contributed by atoms with Crippen molar-refractivity contribution < 1.29 is 5.11 Å². The van der Waals surface area contributed by atoms with Gasteiger partial charge in [-0.1, -0.05) is 38.5 Å². The summed E-state index contributed by atoms with van der Waals surface area (Å²) in [5, 5.41) is 10.2. The molecule has 2 rings (SSSR count). The summed E-state index contributed by atoms with van der Waals surface area (Å²) >= 11 is 0. The number of aliphatic hydroxyl groups excluding tert-OH is 1. The van der Waals surface area contributed by atoms with Gasteiger partial charge in [0.25, 0.3) is 0 Å². The fourth-order valence-corrected chi connectivity index (χ4v) is 2.75.